The predicted molar refractivity (Wildman–Crippen MR) is 91.1 cm³/mol. The van der Waals surface area contributed by atoms with Crippen LogP contribution in [0.25, 0.3) is 0 Å². The van der Waals surface area contributed by atoms with Crippen LogP contribution in [0.5, 0.6) is 0 Å². The summed E-state index contributed by atoms with van der Waals surface area (Å²) >= 11 is 0. The van der Waals surface area contributed by atoms with Gasteiger partial charge in [0.05, 0.1) is 12.6 Å². The normalized spacial score (nSPS) is 18.1. The maximum absolute atomic E-state index is 11.9. The lowest BCUT2D eigenvalue weighted by molar-refractivity contribution is -0.121. The van der Waals surface area contributed by atoms with Gasteiger partial charge in [-0.2, -0.15) is 0 Å². The van der Waals surface area contributed by atoms with Crippen molar-refractivity contribution in [3.8, 4) is 0 Å². The summed E-state index contributed by atoms with van der Waals surface area (Å²) in [5.41, 5.74) is 1.09. The van der Waals surface area contributed by atoms with Gasteiger partial charge in [0, 0.05) is 32.6 Å². The van der Waals surface area contributed by atoms with Gasteiger partial charge >= 0.3 is 0 Å². The molecule has 1 aliphatic rings. The van der Waals surface area contributed by atoms with E-state index in [-0.39, 0.29) is 12.0 Å². The van der Waals surface area contributed by atoms with Gasteiger partial charge in [-0.15, -0.1) is 0 Å². The number of hydrogen-bond donors (Lipinski definition) is 3. The van der Waals surface area contributed by atoms with Crippen LogP contribution in [0.3, 0.4) is 0 Å². The van der Waals surface area contributed by atoms with Gasteiger partial charge in [-0.05, 0) is 18.9 Å². The third-order valence-electron chi connectivity index (χ3n) is 3.73. The summed E-state index contributed by atoms with van der Waals surface area (Å²) in [6, 6.07) is 9.84. The fourth-order valence-corrected chi connectivity index (χ4v) is 2.51. The largest absolute Gasteiger partial charge is 0.391 e. The lowest BCUT2D eigenvalue weighted by atomic mass is 10.2. The topological polar surface area (TPSA) is 77.0 Å². The summed E-state index contributed by atoms with van der Waals surface area (Å²) in [6.07, 6.45) is 0.841. The molecule has 1 aliphatic heterocycles. The first kappa shape index (κ1) is 17.3. The number of carbonyl (C=O) groups excluding carboxylic acids is 1. The maximum atomic E-state index is 11.9. The van der Waals surface area contributed by atoms with E-state index < -0.39 is 0 Å². The highest BCUT2D eigenvalue weighted by atomic mass is 16.3. The number of β-amino-alcohol motifs (C(OH)–C–C–N with tert-alkyl or cyclic N) is 1. The Labute approximate surface area is 137 Å². The average molecular weight is 318 g/mol. The van der Waals surface area contributed by atoms with Gasteiger partial charge in [0.15, 0.2) is 5.96 Å². The molecule has 1 heterocycles. The number of nitrogens with zero attached hydrogens (tertiary/aromatic N) is 2. The standard InChI is InChI=1S/C17H26N4O2/c1-2-18-17(21-11-9-15(22)13-21)19-10-8-16(23)20-12-14-6-4-3-5-7-14/h3-7,15,22H,2,8-13H2,1H3,(H,18,19)(H,20,23)/t15-/m1/s1. The zero-order valence-electron chi connectivity index (χ0n) is 13.7. The second kappa shape index (κ2) is 9.15. The number of carbonyl (C=O) groups is 1. The zero-order valence-corrected chi connectivity index (χ0v) is 13.7. The molecule has 0 bridgehead atoms. The summed E-state index contributed by atoms with van der Waals surface area (Å²) in [6.45, 7) is 5.16. The third-order valence-corrected chi connectivity index (χ3v) is 3.73. The predicted octanol–water partition coefficient (Wildman–Crippen LogP) is 0.725. The molecule has 1 atom stereocenters. The van der Waals surface area contributed by atoms with Crippen LogP contribution in [0.15, 0.2) is 35.3 Å². The summed E-state index contributed by atoms with van der Waals surface area (Å²) in [4.78, 5) is 18.4. The van der Waals surface area contributed by atoms with Crippen LogP contribution in [0, 0.1) is 0 Å². The molecule has 3 N–H and O–H groups in total. The van der Waals surface area contributed by atoms with Crippen LogP contribution >= 0.6 is 0 Å². The number of aliphatic hydroxyl groups is 1. The molecule has 6 heteroatoms. The minimum Gasteiger partial charge on any atom is -0.391 e. The molecule has 126 valence electrons. The van der Waals surface area contributed by atoms with Crippen LogP contribution in [-0.2, 0) is 11.3 Å². The first-order valence-electron chi connectivity index (χ1n) is 8.21. The third kappa shape index (κ3) is 5.90. The number of benzene rings is 1. The SMILES string of the molecule is CCNC(=NCCC(=O)NCc1ccccc1)N1CC[C@@H](O)C1. The number of aliphatic imine (C=N–C) groups is 1. The Kier molecular flexibility index (Phi) is 6.87. The Morgan fingerprint density at radius 3 is 2.78 bits per heavy atom. The minimum atomic E-state index is -0.284. The molecular formula is C17H26N4O2. The number of guanidine groups is 1. The lowest BCUT2D eigenvalue weighted by Crippen LogP contribution is -2.40. The van der Waals surface area contributed by atoms with E-state index in [9.17, 15) is 9.90 Å². The summed E-state index contributed by atoms with van der Waals surface area (Å²) in [7, 11) is 0. The quantitative estimate of drug-likeness (QED) is 0.534. The molecule has 23 heavy (non-hydrogen) atoms. The number of nitrogens with one attached hydrogen (secondary N) is 2. The molecule has 1 saturated heterocycles. The van der Waals surface area contributed by atoms with Crippen molar-refractivity contribution in [3.63, 3.8) is 0 Å². The molecule has 1 amide bonds. The van der Waals surface area contributed by atoms with Gasteiger partial charge in [0.25, 0.3) is 0 Å². The maximum Gasteiger partial charge on any atom is 0.222 e. The van der Waals surface area contributed by atoms with Crippen molar-refractivity contribution < 1.29 is 9.90 Å². The first-order valence-corrected chi connectivity index (χ1v) is 8.21. The van der Waals surface area contributed by atoms with E-state index >= 15 is 0 Å². The second-order valence-electron chi connectivity index (χ2n) is 5.64. The molecule has 0 saturated carbocycles. The molecule has 0 aliphatic carbocycles. The molecule has 1 fully saturated rings. The molecular weight excluding hydrogens is 292 g/mol. The zero-order chi connectivity index (χ0) is 16.5. The first-order chi connectivity index (χ1) is 11.2. The van der Waals surface area contributed by atoms with Crippen molar-refractivity contribution in [3.05, 3.63) is 35.9 Å². The van der Waals surface area contributed by atoms with Gasteiger partial charge in [-0.3, -0.25) is 9.79 Å². The Balaban J connectivity index is 1.75. The summed E-state index contributed by atoms with van der Waals surface area (Å²) in [5, 5.41) is 15.7. The van der Waals surface area contributed by atoms with E-state index in [0.29, 0.717) is 26.1 Å². The minimum absolute atomic E-state index is 0.00471. The Bertz CT molecular complexity index is 519. The fourth-order valence-electron chi connectivity index (χ4n) is 2.51. The number of likely N-dealkylation sites (tertiary alicyclic amines) is 1. The van der Waals surface area contributed by atoms with E-state index in [0.717, 1.165) is 31.0 Å². The van der Waals surface area contributed by atoms with E-state index in [4.69, 9.17) is 0 Å². The number of amides is 1. The van der Waals surface area contributed by atoms with Crippen molar-refractivity contribution >= 4 is 11.9 Å². The van der Waals surface area contributed by atoms with Gasteiger partial charge in [-0.25, -0.2) is 0 Å². The Morgan fingerprint density at radius 1 is 1.35 bits per heavy atom. The summed E-state index contributed by atoms with van der Waals surface area (Å²) in [5.74, 6) is 0.773. The van der Waals surface area contributed by atoms with E-state index in [1.165, 1.54) is 0 Å². The van der Waals surface area contributed by atoms with Crippen LogP contribution in [0.4, 0.5) is 0 Å². The van der Waals surface area contributed by atoms with Crippen molar-refractivity contribution in [2.75, 3.05) is 26.2 Å². The van der Waals surface area contributed by atoms with Gasteiger partial charge < -0.3 is 20.6 Å². The molecule has 1 aromatic rings. The highest BCUT2D eigenvalue weighted by Gasteiger charge is 2.22. The van der Waals surface area contributed by atoms with Gasteiger partial charge in [0.1, 0.15) is 0 Å². The summed E-state index contributed by atoms with van der Waals surface area (Å²) < 4.78 is 0. The van der Waals surface area contributed by atoms with Crippen molar-refractivity contribution in [1.82, 2.24) is 15.5 Å². The fraction of sp³-hybridized carbons (Fsp3) is 0.529. The van der Waals surface area contributed by atoms with Crippen LogP contribution in [0.2, 0.25) is 0 Å². The van der Waals surface area contributed by atoms with E-state index in [2.05, 4.69) is 15.6 Å². The average Bonchev–Trinajstić information content (AvgIpc) is 2.99. The lowest BCUT2D eigenvalue weighted by Gasteiger charge is -2.20. The molecule has 0 radical (unpaired) electrons. The van der Waals surface area contributed by atoms with E-state index in [1.54, 1.807) is 0 Å². The molecule has 6 nitrogen and oxygen atoms in total. The Morgan fingerprint density at radius 2 is 2.13 bits per heavy atom. The van der Waals surface area contributed by atoms with Crippen molar-refractivity contribution in [2.45, 2.75) is 32.4 Å². The molecule has 1 aromatic carbocycles. The number of aliphatic hydroxyl groups excluding tert-OH is 1. The Hall–Kier alpha value is -2.08. The van der Waals surface area contributed by atoms with Crippen LogP contribution < -0.4 is 10.6 Å². The molecule has 2 rings (SSSR count). The van der Waals surface area contributed by atoms with Crippen LogP contribution in [0.1, 0.15) is 25.3 Å². The van der Waals surface area contributed by atoms with Gasteiger partial charge in [-0.1, -0.05) is 30.3 Å². The van der Waals surface area contributed by atoms with E-state index in [1.807, 2.05) is 42.2 Å². The van der Waals surface area contributed by atoms with Crippen LogP contribution in [-0.4, -0.2) is 54.2 Å². The number of hydrogen-bond acceptors (Lipinski definition) is 3. The monoisotopic (exact) mass is 318 g/mol. The molecule has 0 spiro atoms. The smallest absolute Gasteiger partial charge is 0.222 e. The second-order valence-corrected chi connectivity index (χ2v) is 5.64. The van der Waals surface area contributed by atoms with Gasteiger partial charge in [0.2, 0.25) is 5.91 Å². The van der Waals surface area contributed by atoms with Crippen molar-refractivity contribution in [1.29, 1.82) is 0 Å². The number of rotatable bonds is 6. The highest BCUT2D eigenvalue weighted by Crippen LogP contribution is 2.08. The molecule has 0 unspecified atom stereocenters. The highest BCUT2D eigenvalue weighted by molar-refractivity contribution is 5.81. The van der Waals surface area contributed by atoms with Crippen molar-refractivity contribution in [2.24, 2.45) is 4.99 Å². The molecule has 0 aromatic heterocycles.